The first-order chi connectivity index (χ1) is 14.0. The molecule has 156 valence electrons. The largest absolute Gasteiger partial charge is 0.476 e. The molecule has 0 unspecified atom stereocenters. The van der Waals surface area contributed by atoms with Gasteiger partial charge in [-0.25, -0.2) is 14.4 Å². The van der Waals surface area contributed by atoms with Gasteiger partial charge in [-0.3, -0.25) is 0 Å². The molecule has 8 heteroatoms. The van der Waals surface area contributed by atoms with Crippen LogP contribution in [0.3, 0.4) is 0 Å². The summed E-state index contributed by atoms with van der Waals surface area (Å²) in [6.45, 7) is 5.11. The molecule has 1 aromatic carbocycles. The Hall–Kier alpha value is -2.87. The van der Waals surface area contributed by atoms with Crippen LogP contribution in [0, 0.1) is 5.82 Å². The van der Waals surface area contributed by atoms with Gasteiger partial charge in [0.2, 0.25) is 5.88 Å². The molecule has 2 N–H and O–H groups in total. The number of likely N-dealkylation sites (N-methyl/N-ethyl adjacent to an activating group) is 1. The number of nitrogens with zero attached hydrogens (tertiary/aromatic N) is 5. The van der Waals surface area contributed by atoms with Crippen LogP contribution in [0.5, 0.6) is 5.88 Å². The highest BCUT2D eigenvalue weighted by Crippen LogP contribution is 2.17. The second kappa shape index (κ2) is 10.1. The Bertz CT molecular complexity index is 803. The number of rotatable bonds is 7. The van der Waals surface area contributed by atoms with Gasteiger partial charge in [0, 0.05) is 50.7 Å². The number of aliphatic imine (C=N–C) groups is 1. The van der Waals surface area contributed by atoms with Crippen molar-refractivity contribution in [3.63, 3.8) is 0 Å². The van der Waals surface area contributed by atoms with Crippen molar-refractivity contribution in [2.24, 2.45) is 10.7 Å². The van der Waals surface area contributed by atoms with Gasteiger partial charge < -0.3 is 25.2 Å². The third-order valence-corrected chi connectivity index (χ3v) is 4.81. The average Bonchev–Trinajstić information content (AvgIpc) is 2.73. The van der Waals surface area contributed by atoms with E-state index < -0.39 is 0 Å². The second-order valence-corrected chi connectivity index (χ2v) is 7.28. The van der Waals surface area contributed by atoms with Crippen molar-refractivity contribution >= 4 is 11.6 Å². The molecule has 29 heavy (non-hydrogen) atoms. The van der Waals surface area contributed by atoms with Crippen molar-refractivity contribution in [1.82, 2.24) is 14.8 Å². The number of ether oxygens (including phenoxy) is 1. The predicted octanol–water partition coefficient (Wildman–Crippen LogP) is 1.80. The number of hydrogen-bond donors (Lipinski definition) is 1. The third kappa shape index (κ3) is 6.32. The molecule has 1 aliphatic heterocycles. The summed E-state index contributed by atoms with van der Waals surface area (Å²) >= 11 is 0. The summed E-state index contributed by atoms with van der Waals surface area (Å²) in [5.41, 5.74) is 8.24. The minimum absolute atomic E-state index is 0.217. The fourth-order valence-corrected chi connectivity index (χ4v) is 3.08. The lowest BCUT2D eigenvalue weighted by Crippen LogP contribution is -2.51. The van der Waals surface area contributed by atoms with Crippen molar-refractivity contribution in [1.29, 1.82) is 0 Å². The Morgan fingerprint density at radius 1 is 1.17 bits per heavy atom. The zero-order chi connectivity index (χ0) is 20.6. The molecule has 0 bridgehead atoms. The number of anilines is 1. The van der Waals surface area contributed by atoms with Gasteiger partial charge in [-0.05, 0) is 50.0 Å². The van der Waals surface area contributed by atoms with E-state index in [1.54, 1.807) is 6.20 Å². The molecule has 0 amide bonds. The van der Waals surface area contributed by atoms with E-state index in [2.05, 4.69) is 24.7 Å². The Morgan fingerprint density at radius 2 is 1.90 bits per heavy atom. The molecule has 2 aromatic rings. The maximum Gasteiger partial charge on any atom is 0.213 e. The molecule has 0 saturated carbocycles. The highest BCUT2D eigenvalue weighted by molar-refractivity contribution is 5.78. The van der Waals surface area contributed by atoms with E-state index in [1.165, 1.54) is 12.1 Å². The standard InChI is InChI=1S/C21H29FN6O/c1-26(2)13-14-29-20-15-17(7-8-24-20)16-25-21(23)28-11-9-27(10-12-28)19-5-3-18(22)4-6-19/h3-8,15H,9-14,16H2,1-2H3,(H2,23,25). The van der Waals surface area contributed by atoms with Crippen LogP contribution in [0.2, 0.25) is 0 Å². The van der Waals surface area contributed by atoms with Crippen molar-refractivity contribution in [2.45, 2.75) is 6.54 Å². The quantitative estimate of drug-likeness (QED) is 0.565. The van der Waals surface area contributed by atoms with Crippen LogP contribution in [0.1, 0.15) is 5.56 Å². The molecule has 1 aliphatic rings. The predicted molar refractivity (Wildman–Crippen MR) is 114 cm³/mol. The normalized spacial score (nSPS) is 15.1. The van der Waals surface area contributed by atoms with Crippen LogP contribution in [0.4, 0.5) is 10.1 Å². The van der Waals surface area contributed by atoms with Crippen molar-refractivity contribution in [3.05, 3.63) is 54.0 Å². The molecular formula is C21H29FN6O. The van der Waals surface area contributed by atoms with Crippen LogP contribution < -0.4 is 15.4 Å². The number of aromatic nitrogens is 1. The smallest absolute Gasteiger partial charge is 0.213 e. The topological polar surface area (TPSA) is 70.2 Å². The van der Waals surface area contributed by atoms with E-state index in [0.29, 0.717) is 25.0 Å². The monoisotopic (exact) mass is 400 g/mol. The molecule has 2 heterocycles. The van der Waals surface area contributed by atoms with Crippen LogP contribution >= 0.6 is 0 Å². The first-order valence-electron chi connectivity index (χ1n) is 9.79. The first kappa shape index (κ1) is 20.9. The second-order valence-electron chi connectivity index (χ2n) is 7.28. The molecule has 3 rings (SSSR count). The maximum atomic E-state index is 13.1. The van der Waals surface area contributed by atoms with Crippen molar-refractivity contribution in [2.75, 3.05) is 58.3 Å². The Labute approximate surface area is 171 Å². The van der Waals surface area contributed by atoms with E-state index >= 15 is 0 Å². The molecular weight excluding hydrogens is 371 g/mol. The number of nitrogens with two attached hydrogens (primary N) is 1. The van der Waals surface area contributed by atoms with Crippen LogP contribution in [-0.2, 0) is 6.54 Å². The van der Waals surface area contributed by atoms with E-state index in [1.807, 2.05) is 38.4 Å². The van der Waals surface area contributed by atoms with Gasteiger partial charge in [0.1, 0.15) is 12.4 Å². The highest BCUT2D eigenvalue weighted by atomic mass is 19.1. The summed E-state index contributed by atoms with van der Waals surface area (Å²) in [4.78, 5) is 15.1. The molecule has 0 aliphatic carbocycles. The van der Waals surface area contributed by atoms with Crippen LogP contribution in [0.15, 0.2) is 47.6 Å². The van der Waals surface area contributed by atoms with Gasteiger partial charge in [0.15, 0.2) is 5.96 Å². The zero-order valence-corrected chi connectivity index (χ0v) is 17.1. The maximum absolute atomic E-state index is 13.1. The van der Waals surface area contributed by atoms with Gasteiger partial charge in [-0.2, -0.15) is 0 Å². The lowest BCUT2D eigenvalue weighted by Gasteiger charge is -2.36. The van der Waals surface area contributed by atoms with E-state index in [9.17, 15) is 4.39 Å². The van der Waals surface area contributed by atoms with Gasteiger partial charge >= 0.3 is 0 Å². The number of piperazine rings is 1. The summed E-state index contributed by atoms with van der Waals surface area (Å²) in [6, 6.07) is 10.4. The fourth-order valence-electron chi connectivity index (χ4n) is 3.08. The number of hydrogen-bond acceptors (Lipinski definition) is 5. The Morgan fingerprint density at radius 3 is 2.59 bits per heavy atom. The third-order valence-electron chi connectivity index (χ3n) is 4.81. The van der Waals surface area contributed by atoms with Gasteiger partial charge in [-0.1, -0.05) is 0 Å². The van der Waals surface area contributed by atoms with E-state index in [4.69, 9.17) is 10.5 Å². The van der Waals surface area contributed by atoms with Gasteiger partial charge in [-0.15, -0.1) is 0 Å². The van der Waals surface area contributed by atoms with Gasteiger partial charge in [0.25, 0.3) is 0 Å². The van der Waals surface area contributed by atoms with Gasteiger partial charge in [0.05, 0.1) is 6.54 Å². The summed E-state index contributed by atoms with van der Waals surface area (Å²) in [7, 11) is 4.01. The molecule has 0 radical (unpaired) electrons. The zero-order valence-electron chi connectivity index (χ0n) is 17.1. The minimum atomic E-state index is -0.217. The summed E-state index contributed by atoms with van der Waals surface area (Å²) in [6.07, 6.45) is 1.73. The molecule has 1 fully saturated rings. The summed E-state index contributed by atoms with van der Waals surface area (Å²) in [5.74, 6) is 0.924. The SMILES string of the molecule is CN(C)CCOc1cc(CN=C(N)N2CCN(c3ccc(F)cc3)CC2)ccn1. The Balaban J connectivity index is 1.49. The number of halogens is 1. The fraction of sp³-hybridized carbons (Fsp3) is 0.429. The summed E-state index contributed by atoms with van der Waals surface area (Å²) < 4.78 is 18.8. The average molecular weight is 401 g/mol. The van der Waals surface area contributed by atoms with E-state index in [-0.39, 0.29) is 5.82 Å². The highest BCUT2D eigenvalue weighted by Gasteiger charge is 2.18. The van der Waals surface area contributed by atoms with E-state index in [0.717, 1.165) is 44.0 Å². The lowest BCUT2D eigenvalue weighted by atomic mass is 10.2. The number of benzene rings is 1. The molecule has 1 saturated heterocycles. The van der Waals surface area contributed by atoms with Crippen molar-refractivity contribution in [3.8, 4) is 5.88 Å². The minimum Gasteiger partial charge on any atom is -0.476 e. The molecule has 0 atom stereocenters. The van der Waals surface area contributed by atoms with Crippen molar-refractivity contribution < 1.29 is 9.13 Å². The molecule has 1 aromatic heterocycles. The first-order valence-corrected chi connectivity index (χ1v) is 9.79. The lowest BCUT2D eigenvalue weighted by molar-refractivity contribution is 0.253. The Kier molecular flexibility index (Phi) is 7.24. The molecule has 0 spiro atoms. The molecule has 7 nitrogen and oxygen atoms in total. The summed E-state index contributed by atoms with van der Waals surface area (Å²) in [5, 5.41) is 0. The van der Waals surface area contributed by atoms with Crippen LogP contribution in [-0.4, -0.2) is 74.2 Å². The number of pyridine rings is 1. The number of guanidine groups is 1. The van der Waals surface area contributed by atoms with Crippen LogP contribution in [0.25, 0.3) is 0 Å².